The number of carbonyl (C=O) groups is 1. The van der Waals surface area contributed by atoms with E-state index in [1.165, 1.54) is 12.1 Å². The van der Waals surface area contributed by atoms with E-state index in [4.69, 9.17) is 16.6 Å². The molecule has 1 aromatic carbocycles. The van der Waals surface area contributed by atoms with Gasteiger partial charge in [-0.05, 0) is 49.6 Å². The van der Waals surface area contributed by atoms with E-state index in [1.54, 1.807) is 16.7 Å². The Labute approximate surface area is 210 Å². The van der Waals surface area contributed by atoms with Crippen LogP contribution in [0.5, 0.6) is 0 Å². The number of hydrogen-bond acceptors (Lipinski definition) is 5. The zero-order valence-corrected chi connectivity index (χ0v) is 20.2. The molecular formula is C24H26ClF3N5O3+. The lowest BCUT2D eigenvalue weighted by molar-refractivity contribution is -0.141. The van der Waals surface area contributed by atoms with Crippen LogP contribution in [0.2, 0.25) is 5.02 Å². The van der Waals surface area contributed by atoms with Crippen LogP contribution in [-0.2, 0) is 11.0 Å². The number of rotatable bonds is 4. The van der Waals surface area contributed by atoms with Crippen molar-refractivity contribution in [1.82, 2.24) is 19.9 Å². The minimum absolute atomic E-state index is 0.0843. The Morgan fingerprint density at radius 2 is 1.94 bits per heavy atom. The molecule has 2 aromatic heterocycles. The molecule has 2 atom stereocenters. The molecule has 36 heavy (non-hydrogen) atoms. The highest BCUT2D eigenvalue weighted by atomic mass is 35.5. The Kier molecular flexibility index (Phi) is 6.56. The first-order valence-electron chi connectivity index (χ1n) is 11.7. The molecule has 3 aromatic rings. The fourth-order valence-corrected chi connectivity index (χ4v) is 4.87. The molecule has 0 spiro atoms. The van der Waals surface area contributed by atoms with Gasteiger partial charge in [-0.1, -0.05) is 17.7 Å². The van der Waals surface area contributed by atoms with Crippen LogP contribution >= 0.6 is 11.6 Å². The van der Waals surface area contributed by atoms with Gasteiger partial charge in [0.15, 0.2) is 13.2 Å². The van der Waals surface area contributed by atoms with Crippen LogP contribution in [-0.4, -0.2) is 68.7 Å². The third-order valence-electron chi connectivity index (χ3n) is 6.75. The second-order valence-corrected chi connectivity index (χ2v) is 9.66. The fraction of sp³-hybridized carbons (Fsp3) is 0.458. The molecule has 1 amide bonds. The maximum absolute atomic E-state index is 13.4. The lowest BCUT2D eigenvalue weighted by Crippen LogP contribution is -2.48. The number of aliphatic hydroxyl groups excluding tert-OH is 1. The van der Waals surface area contributed by atoms with Gasteiger partial charge in [0.2, 0.25) is 11.9 Å². The fourth-order valence-electron chi connectivity index (χ4n) is 4.71. The molecule has 2 unspecified atom stereocenters. The zero-order chi connectivity index (χ0) is 25.6. The summed E-state index contributed by atoms with van der Waals surface area (Å²) in [5.74, 6) is 0.171. The summed E-state index contributed by atoms with van der Waals surface area (Å²) in [6.07, 6.45) is -4.19. The molecule has 12 heteroatoms. The molecule has 8 nitrogen and oxygen atoms in total. The van der Waals surface area contributed by atoms with E-state index in [0.717, 1.165) is 11.6 Å². The maximum Gasteiger partial charge on any atom is 0.433 e. The molecule has 2 fully saturated rings. The van der Waals surface area contributed by atoms with Gasteiger partial charge in [0.25, 0.3) is 0 Å². The number of pyridine rings is 1. The van der Waals surface area contributed by atoms with Gasteiger partial charge in [0.1, 0.15) is 23.7 Å². The molecule has 0 saturated carbocycles. The van der Waals surface area contributed by atoms with Crippen molar-refractivity contribution in [2.45, 2.75) is 38.1 Å². The van der Waals surface area contributed by atoms with Crippen molar-refractivity contribution < 1.29 is 27.8 Å². The molecule has 2 aliphatic heterocycles. The summed E-state index contributed by atoms with van der Waals surface area (Å²) in [5, 5.41) is 13.3. The lowest BCUT2D eigenvalue weighted by Gasteiger charge is -2.32. The highest BCUT2D eigenvalue weighted by Crippen LogP contribution is 2.34. The number of benzene rings is 1. The number of piperidine rings is 1. The van der Waals surface area contributed by atoms with Crippen molar-refractivity contribution in [2.24, 2.45) is 5.92 Å². The number of carbonyl (C=O) groups excluding carboxylic acids is 1. The van der Waals surface area contributed by atoms with Crippen molar-refractivity contribution in [3.63, 3.8) is 0 Å². The summed E-state index contributed by atoms with van der Waals surface area (Å²) >= 11 is 6.36. The number of alkyl halides is 3. The summed E-state index contributed by atoms with van der Waals surface area (Å²) in [7, 11) is 0. The molecular weight excluding hydrogens is 499 g/mol. The van der Waals surface area contributed by atoms with Crippen LogP contribution in [0.15, 0.2) is 30.3 Å². The van der Waals surface area contributed by atoms with Crippen LogP contribution in [0.4, 0.5) is 19.1 Å². The van der Waals surface area contributed by atoms with Gasteiger partial charge < -0.3 is 20.1 Å². The minimum atomic E-state index is -4.59. The number of nitrogens with zero attached hydrogens (tertiary/aromatic N) is 4. The molecule has 0 aliphatic carbocycles. The second-order valence-electron chi connectivity index (χ2n) is 9.25. The number of fused-ring (bicyclic) bond motifs is 1. The number of nitrogens with one attached hydrogen (secondary N) is 1. The van der Waals surface area contributed by atoms with Crippen molar-refractivity contribution >= 4 is 34.5 Å². The number of halogens is 4. The highest BCUT2D eigenvalue weighted by Gasteiger charge is 2.36. The molecule has 4 heterocycles. The first-order chi connectivity index (χ1) is 17.1. The second kappa shape index (κ2) is 9.53. The number of amides is 1. The quantitative estimate of drug-likeness (QED) is 0.512. The normalized spacial score (nSPS) is 21.3. The van der Waals surface area contributed by atoms with E-state index in [2.05, 4.69) is 15.0 Å². The minimum Gasteiger partial charge on any atom is -0.430 e. The van der Waals surface area contributed by atoms with Crippen molar-refractivity contribution in [2.75, 3.05) is 31.2 Å². The number of aliphatic hydroxyl groups is 3. The van der Waals surface area contributed by atoms with Gasteiger partial charge in [-0.2, -0.15) is 13.2 Å². The number of aryl methyl sites for hydroxylation is 1. The van der Waals surface area contributed by atoms with E-state index in [0.29, 0.717) is 61.1 Å². The third kappa shape index (κ3) is 4.74. The Morgan fingerprint density at radius 3 is 2.61 bits per heavy atom. The van der Waals surface area contributed by atoms with Gasteiger partial charge in [-0.25, -0.2) is 9.97 Å². The van der Waals surface area contributed by atoms with E-state index >= 15 is 0 Å². The molecule has 2 saturated heterocycles. The van der Waals surface area contributed by atoms with Gasteiger partial charge in [-0.15, -0.1) is 0 Å². The monoisotopic (exact) mass is 524 g/mol. The number of ether oxygens (including phenoxy) is 1. The first kappa shape index (κ1) is 24.8. The van der Waals surface area contributed by atoms with Crippen LogP contribution in [0, 0.1) is 12.8 Å². The predicted octanol–water partition coefficient (Wildman–Crippen LogP) is 3.00. The Morgan fingerprint density at radius 1 is 1.19 bits per heavy atom. The average Bonchev–Trinajstić information content (AvgIpc) is 3.42. The largest absolute Gasteiger partial charge is 0.433 e. The summed E-state index contributed by atoms with van der Waals surface area (Å²) in [6, 6.07) is 6.87. The van der Waals surface area contributed by atoms with Gasteiger partial charge in [0.05, 0.1) is 11.0 Å². The third-order valence-corrected chi connectivity index (χ3v) is 7.16. The van der Waals surface area contributed by atoms with Crippen molar-refractivity contribution in [3.05, 3.63) is 46.6 Å². The summed E-state index contributed by atoms with van der Waals surface area (Å²) in [4.78, 5) is 23.3. The molecule has 3 N–H and O–H groups in total. The summed E-state index contributed by atoms with van der Waals surface area (Å²) in [5.41, 5.74) is 0.937. The highest BCUT2D eigenvalue weighted by molar-refractivity contribution is 6.32. The lowest BCUT2D eigenvalue weighted by atomic mass is 9.95. The molecule has 2 aliphatic rings. The van der Waals surface area contributed by atoms with Crippen LogP contribution in [0.1, 0.15) is 24.1 Å². The van der Waals surface area contributed by atoms with E-state index in [-0.39, 0.29) is 23.7 Å². The van der Waals surface area contributed by atoms with Gasteiger partial charge in [0, 0.05) is 24.0 Å². The number of anilines is 1. The molecule has 0 bridgehead atoms. The predicted molar refractivity (Wildman–Crippen MR) is 128 cm³/mol. The molecule has 192 valence electrons. The Bertz CT molecular complexity index is 1290. The average molecular weight is 525 g/mol. The van der Waals surface area contributed by atoms with Gasteiger partial charge >= 0.3 is 6.18 Å². The van der Waals surface area contributed by atoms with Crippen LogP contribution in [0.3, 0.4) is 0 Å². The van der Waals surface area contributed by atoms with Crippen molar-refractivity contribution in [3.8, 4) is 5.82 Å². The zero-order valence-electron chi connectivity index (χ0n) is 19.5. The van der Waals surface area contributed by atoms with Crippen molar-refractivity contribution in [1.29, 1.82) is 0 Å². The maximum atomic E-state index is 13.4. The topological polar surface area (TPSA) is 96.1 Å². The van der Waals surface area contributed by atoms with Crippen LogP contribution < -0.4 is 10.2 Å². The van der Waals surface area contributed by atoms with E-state index in [1.807, 2.05) is 11.8 Å². The molecule has 5 rings (SSSR count). The number of imidazole rings is 1. The smallest absolute Gasteiger partial charge is 0.430 e. The Hall–Kier alpha value is -2.89. The number of aromatic nitrogens is 3. The Balaban J connectivity index is 1.44. The standard InChI is InChI=1S/C24H25ClF3N5O3/c1-13-9-16-18(10-15(13)25)33(21-4-2-3-20(31-21)24(26,27)28)23(30-16)32-7-5-14(6-8-32)22(35)29-17-11-36-12-19(17)34/h2-4,9-10,14,17,19,34H,5-8,11-12H2,1H3,(H,29,35)/p+1. The SMILES string of the molecule is Cc1cc2nc(N3CCC(C(=O)NC4C[OH+]CC4O)CC3)n(-c3cccc(C(F)(F)F)n3)c2cc1Cl. The number of hydrogen-bond donors (Lipinski definition) is 2. The first-order valence-corrected chi connectivity index (χ1v) is 12.1. The van der Waals surface area contributed by atoms with Gasteiger partial charge in [-0.3, -0.25) is 9.36 Å². The van der Waals surface area contributed by atoms with E-state index in [9.17, 15) is 23.1 Å². The molecule has 0 radical (unpaired) electrons. The summed E-state index contributed by atoms with van der Waals surface area (Å²) < 4.78 is 45.9. The summed E-state index contributed by atoms with van der Waals surface area (Å²) in [6.45, 7) is 3.52. The van der Waals surface area contributed by atoms with Crippen LogP contribution in [0.25, 0.3) is 16.9 Å². The van der Waals surface area contributed by atoms with E-state index < -0.39 is 18.0 Å².